The molecule has 2 N–H and O–H groups in total. The van der Waals surface area contributed by atoms with Gasteiger partial charge in [0.25, 0.3) is 5.91 Å². The molecule has 2 fully saturated rings. The Balaban J connectivity index is 1.55. The summed E-state index contributed by atoms with van der Waals surface area (Å²) < 4.78 is 14.5. The molecule has 1 amide bonds. The molecule has 0 aromatic carbocycles. The fourth-order valence-corrected chi connectivity index (χ4v) is 3.06. The molecule has 2 aliphatic rings. The van der Waals surface area contributed by atoms with Crippen LogP contribution in [0.2, 0.25) is 0 Å². The molecule has 4 atom stereocenters. The lowest BCUT2D eigenvalue weighted by Gasteiger charge is -2.17. The van der Waals surface area contributed by atoms with Crippen LogP contribution in [0.3, 0.4) is 0 Å². The van der Waals surface area contributed by atoms with Crippen molar-refractivity contribution >= 4 is 11.6 Å². The van der Waals surface area contributed by atoms with Crippen LogP contribution in [0.1, 0.15) is 10.4 Å². The first-order chi connectivity index (χ1) is 10.1. The summed E-state index contributed by atoms with van der Waals surface area (Å²) in [5, 5.41) is 16.8. The van der Waals surface area contributed by atoms with Crippen LogP contribution in [-0.2, 0) is 16.5 Å². The van der Waals surface area contributed by atoms with Gasteiger partial charge in [0.1, 0.15) is 29.5 Å². The Morgan fingerprint density at radius 2 is 2.19 bits per heavy atom. The van der Waals surface area contributed by atoms with Crippen LogP contribution >= 0.6 is 0 Å². The minimum absolute atomic E-state index is 0.217. The molecular weight excluding hydrogens is 276 g/mol. The molecule has 2 aromatic heterocycles. The van der Waals surface area contributed by atoms with Gasteiger partial charge in [0.2, 0.25) is 0 Å². The smallest absolute Gasteiger partial charge is 0.257 e. The van der Waals surface area contributed by atoms with Crippen molar-refractivity contribution in [3.05, 3.63) is 24.2 Å². The predicted molar refractivity (Wildman–Crippen MR) is 70.9 cm³/mol. The molecule has 2 saturated heterocycles. The van der Waals surface area contributed by atoms with Crippen molar-refractivity contribution in [1.29, 1.82) is 0 Å². The summed E-state index contributed by atoms with van der Waals surface area (Å²) in [5.41, 5.74) is 1.24. The number of rotatable bonds is 2. The number of amides is 1. The molecule has 0 bridgehead atoms. The lowest BCUT2D eigenvalue weighted by atomic mass is 10.1. The van der Waals surface area contributed by atoms with Gasteiger partial charge in [-0.3, -0.25) is 4.79 Å². The summed E-state index contributed by atoms with van der Waals surface area (Å²) in [6.45, 7) is 0.591. The maximum absolute atomic E-state index is 12.4. The summed E-state index contributed by atoms with van der Waals surface area (Å²) in [4.78, 5) is 12.4. The van der Waals surface area contributed by atoms with Crippen LogP contribution in [0, 0.1) is 0 Å². The predicted octanol–water partition coefficient (Wildman–Crippen LogP) is -1.07. The second kappa shape index (κ2) is 4.55. The first-order valence-corrected chi connectivity index (χ1v) is 6.86. The van der Waals surface area contributed by atoms with Crippen molar-refractivity contribution in [3.8, 4) is 0 Å². The third kappa shape index (κ3) is 1.87. The van der Waals surface area contributed by atoms with E-state index in [1.165, 1.54) is 0 Å². The normalized spacial score (nSPS) is 31.7. The third-order valence-corrected chi connectivity index (χ3v) is 4.12. The molecule has 8 heteroatoms. The standard InChI is InChI=1S/C13H16N4O4/c1-16-2-3-17-13(16)7(4-14-17)12(19)15-8-5-20-11-9(18)6-21-10(8)11/h2-4,8-11,18H,5-6H2,1H3,(H,15,19)/t8-,9-,10-,11-/m1/s1. The number of fused-ring (bicyclic) bond motifs is 2. The quantitative estimate of drug-likeness (QED) is 0.735. The molecule has 21 heavy (non-hydrogen) atoms. The molecule has 0 spiro atoms. The number of ether oxygens (including phenoxy) is 2. The number of nitrogens with zero attached hydrogens (tertiary/aromatic N) is 3. The minimum atomic E-state index is -0.618. The summed E-state index contributed by atoms with van der Waals surface area (Å²) in [7, 11) is 1.86. The minimum Gasteiger partial charge on any atom is -0.388 e. The largest absolute Gasteiger partial charge is 0.388 e. The van der Waals surface area contributed by atoms with Crippen molar-refractivity contribution < 1.29 is 19.4 Å². The Morgan fingerprint density at radius 1 is 1.38 bits per heavy atom. The molecule has 112 valence electrons. The number of aliphatic hydroxyl groups excluding tert-OH is 1. The molecule has 0 unspecified atom stereocenters. The van der Waals surface area contributed by atoms with Gasteiger partial charge in [0, 0.05) is 19.4 Å². The van der Waals surface area contributed by atoms with E-state index in [9.17, 15) is 9.90 Å². The Labute approximate surface area is 120 Å². The van der Waals surface area contributed by atoms with Crippen LogP contribution in [0.15, 0.2) is 18.6 Å². The first-order valence-electron chi connectivity index (χ1n) is 6.86. The van der Waals surface area contributed by atoms with Gasteiger partial charge in [0.15, 0.2) is 0 Å². The molecule has 0 saturated carbocycles. The van der Waals surface area contributed by atoms with Gasteiger partial charge in [-0.15, -0.1) is 0 Å². The zero-order valence-corrected chi connectivity index (χ0v) is 11.5. The summed E-state index contributed by atoms with van der Waals surface area (Å²) in [6, 6.07) is -0.255. The number of aromatic nitrogens is 3. The van der Waals surface area contributed by atoms with Crippen LogP contribution in [0.25, 0.3) is 5.65 Å². The van der Waals surface area contributed by atoms with Gasteiger partial charge >= 0.3 is 0 Å². The molecule has 4 heterocycles. The zero-order valence-electron chi connectivity index (χ0n) is 11.5. The number of carbonyl (C=O) groups is 1. The van der Waals surface area contributed by atoms with E-state index in [2.05, 4.69) is 10.4 Å². The van der Waals surface area contributed by atoms with Gasteiger partial charge in [-0.05, 0) is 0 Å². The number of imidazole rings is 1. The number of aliphatic hydroxyl groups is 1. The van der Waals surface area contributed by atoms with Gasteiger partial charge in [0.05, 0.1) is 25.5 Å². The summed E-state index contributed by atoms with van der Waals surface area (Å²) >= 11 is 0. The maximum Gasteiger partial charge on any atom is 0.257 e. The third-order valence-electron chi connectivity index (χ3n) is 4.12. The van der Waals surface area contributed by atoms with Gasteiger partial charge in [-0.1, -0.05) is 0 Å². The lowest BCUT2D eigenvalue weighted by Crippen LogP contribution is -2.44. The Bertz CT molecular complexity index is 693. The molecule has 0 aliphatic carbocycles. The Hall–Kier alpha value is -1.90. The second-order valence-electron chi connectivity index (χ2n) is 5.48. The van der Waals surface area contributed by atoms with Crippen molar-refractivity contribution in [2.75, 3.05) is 13.2 Å². The monoisotopic (exact) mass is 292 g/mol. The van der Waals surface area contributed by atoms with E-state index in [0.717, 1.165) is 5.65 Å². The summed E-state index contributed by atoms with van der Waals surface area (Å²) in [5.74, 6) is -0.217. The van der Waals surface area contributed by atoms with Crippen LogP contribution in [0.4, 0.5) is 0 Å². The average Bonchev–Trinajstić information content (AvgIpc) is 3.17. The molecule has 0 radical (unpaired) electrons. The van der Waals surface area contributed by atoms with E-state index < -0.39 is 6.10 Å². The van der Waals surface area contributed by atoms with Crippen molar-refractivity contribution in [3.63, 3.8) is 0 Å². The van der Waals surface area contributed by atoms with Gasteiger partial charge in [-0.2, -0.15) is 5.10 Å². The highest BCUT2D eigenvalue weighted by Crippen LogP contribution is 2.27. The van der Waals surface area contributed by atoms with Crippen molar-refractivity contribution in [2.45, 2.75) is 24.4 Å². The van der Waals surface area contributed by atoms with E-state index in [1.807, 2.05) is 17.8 Å². The maximum atomic E-state index is 12.4. The molecule has 2 aliphatic heterocycles. The highest BCUT2D eigenvalue weighted by molar-refractivity contribution is 6.00. The summed E-state index contributed by atoms with van der Waals surface area (Å²) in [6.07, 6.45) is 3.91. The van der Waals surface area contributed by atoms with E-state index >= 15 is 0 Å². The number of carbonyl (C=O) groups excluding carboxylic acids is 1. The van der Waals surface area contributed by atoms with E-state index in [1.54, 1.807) is 16.9 Å². The second-order valence-corrected chi connectivity index (χ2v) is 5.48. The van der Waals surface area contributed by atoms with Crippen LogP contribution in [-0.4, -0.2) is 62.8 Å². The molecule has 4 rings (SSSR count). The SMILES string of the molecule is Cn1ccn2ncc(C(=O)N[C@@H]3CO[C@H]4[C@@H]3OC[C@H]4O)c12. The Morgan fingerprint density at radius 3 is 3.05 bits per heavy atom. The fourth-order valence-electron chi connectivity index (χ4n) is 3.06. The highest BCUT2D eigenvalue weighted by Gasteiger charge is 2.47. The highest BCUT2D eigenvalue weighted by atomic mass is 16.6. The molecule has 8 nitrogen and oxygen atoms in total. The fraction of sp³-hybridized carbons (Fsp3) is 0.538. The van der Waals surface area contributed by atoms with Crippen molar-refractivity contribution in [1.82, 2.24) is 19.5 Å². The Kier molecular flexibility index (Phi) is 2.78. The van der Waals surface area contributed by atoms with Crippen LogP contribution in [0.5, 0.6) is 0 Å². The number of hydrogen-bond acceptors (Lipinski definition) is 5. The van der Waals surface area contributed by atoms with Crippen molar-refractivity contribution in [2.24, 2.45) is 7.05 Å². The van der Waals surface area contributed by atoms with E-state index in [4.69, 9.17) is 9.47 Å². The topological polar surface area (TPSA) is 90.0 Å². The zero-order chi connectivity index (χ0) is 14.6. The number of aryl methyl sites for hydroxylation is 1. The van der Waals surface area contributed by atoms with Gasteiger partial charge in [-0.25, -0.2) is 4.52 Å². The average molecular weight is 292 g/mol. The molecule has 2 aromatic rings. The molecular formula is C13H16N4O4. The number of nitrogens with one attached hydrogen (secondary N) is 1. The van der Waals surface area contributed by atoms with Crippen LogP contribution < -0.4 is 5.32 Å². The van der Waals surface area contributed by atoms with E-state index in [-0.39, 0.29) is 30.8 Å². The van der Waals surface area contributed by atoms with Gasteiger partial charge < -0.3 is 24.5 Å². The van der Waals surface area contributed by atoms with E-state index in [0.29, 0.717) is 12.2 Å². The lowest BCUT2D eigenvalue weighted by molar-refractivity contribution is 0.0178. The number of hydrogen-bond donors (Lipinski definition) is 2. The first kappa shape index (κ1) is 12.8.